The van der Waals surface area contributed by atoms with Crippen molar-refractivity contribution in [2.75, 3.05) is 6.67 Å². The number of carboxylic acid groups (broad SMARTS) is 2. The van der Waals surface area contributed by atoms with E-state index in [1.54, 1.807) is 0 Å². The first-order chi connectivity index (χ1) is 8.93. The standard InChI is InChI=1S/C10H15FN4O4/c11-1-2-15-5-7(13-14-15)3-6(9(16)17)4-8(12)10(18)19/h5-6,8H,1-4,12H2,(H,16,17)(H,18,19)/t6?,8-/m0/s1/i11-1. The molecule has 2 atom stereocenters. The Morgan fingerprint density at radius 1 is 1.42 bits per heavy atom. The zero-order chi connectivity index (χ0) is 14.4. The predicted octanol–water partition coefficient (Wildman–Crippen LogP) is -0.707. The van der Waals surface area contributed by atoms with Gasteiger partial charge < -0.3 is 15.9 Å². The topological polar surface area (TPSA) is 131 Å². The molecule has 0 amide bonds. The molecule has 1 aromatic heterocycles. The van der Waals surface area contributed by atoms with Gasteiger partial charge in [0, 0.05) is 12.6 Å². The number of nitrogens with two attached hydrogens (primary N) is 1. The fourth-order valence-corrected chi connectivity index (χ4v) is 1.56. The van der Waals surface area contributed by atoms with Crippen molar-refractivity contribution in [2.45, 2.75) is 25.4 Å². The number of hydrogen-bond donors (Lipinski definition) is 3. The second-order valence-electron chi connectivity index (χ2n) is 4.08. The van der Waals surface area contributed by atoms with E-state index in [9.17, 15) is 14.0 Å². The third-order valence-electron chi connectivity index (χ3n) is 2.56. The van der Waals surface area contributed by atoms with Gasteiger partial charge in [0.15, 0.2) is 0 Å². The van der Waals surface area contributed by atoms with Crippen LogP contribution in [0, 0.1) is 5.92 Å². The Balaban J connectivity index is 2.67. The van der Waals surface area contributed by atoms with Gasteiger partial charge in [0.2, 0.25) is 0 Å². The highest BCUT2D eigenvalue weighted by Crippen LogP contribution is 2.13. The number of hydrogen-bond acceptors (Lipinski definition) is 5. The summed E-state index contributed by atoms with van der Waals surface area (Å²) in [6.45, 7) is -0.561. The van der Waals surface area contributed by atoms with Crippen molar-refractivity contribution in [3.05, 3.63) is 11.9 Å². The van der Waals surface area contributed by atoms with Crippen LogP contribution in [0.4, 0.5) is 4.39 Å². The molecule has 0 aliphatic carbocycles. The van der Waals surface area contributed by atoms with Crippen LogP contribution in [-0.4, -0.2) is 49.9 Å². The number of nitrogens with zero attached hydrogens (tertiary/aromatic N) is 3. The van der Waals surface area contributed by atoms with Crippen molar-refractivity contribution in [3.8, 4) is 0 Å². The lowest BCUT2D eigenvalue weighted by molar-refractivity contribution is -0.143. The minimum atomic E-state index is -1.26. The zero-order valence-corrected chi connectivity index (χ0v) is 10.1. The Morgan fingerprint density at radius 2 is 2.11 bits per heavy atom. The second-order valence-corrected chi connectivity index (χ2v) is 4.08. The fraction of sp³-hybridized carbons (Fsp3) is 0.600. The Hall–Kier alpha value is -2.03. The van der Waals surface area contributed by atoms with Crippen LogP contribution in [0.3, 0.4) is 0 Å². The quantitative estimate of drug-likeness (QED) is 0.570. The molecule has 9 heteroatoms. The van der Waals surface area contributed by atoms with Crippen molar-refractivity contribution in [1.29, 1.82) is 0 Å². The highest BCUT2D eigenvalue weighted by atomic mass is 18.2. The highest BCUT2D eigenvalue weighted by Gasteiger charge is 2.25. The number of carboxylic acids is 2. The van der Waals surface area contributed by atoms with E-state index in [0.717, 1.165) is 0 Å². The van der Waals surface area contributed by atoms with Gasteiger partial charge in [-0.15, -0.1) is 5.10 Å². The van der Waals surface area contributed by atoms with Crippen LogP contribution < -0.4 is 5.73 Å². The van der Waals surface area contributed by atoms with E-state index < -0.39 is 30.6 Å². The average molecular weight is 273 g/mol. The Kier molecular flexibility index (Phi) is 5.37. The number of alkyl halides is 1. The van der Waals surface area contributed by atoms with Crippen LogP contribution in [-0.2, 0) is 22.6 Å². The molecule has 4 N–H and O–H groups in total. The van der Waals surface area contributed by atoms with E-state index in [4.69, 9.17) is 15.9 Å². The molecule has 0 bridgehead atoms. The van der Waals surface area contributed by atoms with Gasteiger partial charge in [0.25, 0.3) is 0 Å². The summed E-state index contributed by atoms with van der Waals surface area (Å²) in [6.07, 6.45) is 1.23. The molecule has 0 saturated heterocycles. The molecule has 0 fully saturated rings. The number of rotatable bonds is 8. The second kappa shape index (κ2) is 6.78. The van der Waals surface area contributed by atoms with Crippen molar-refractivity contribution in [1.82, 2.24) is 15.0 Å². The fourth-order valence-electron chi connectivity index (χ4n) is 1.56. The zero-order valence-electron chi connectivity index (χ0n) is 10.1. The molecule has 0 aliphatic heterocycles. The van der Waals surface area contributed by atoms with Gasteiger partial charge in [0.05, 0.1) is 18.2 Å². The molecule has 0 aromatic carbocycles. The van der Waals surface area contributed by atoms with Gasteiger partial charge in [-0.2, -0.15) is 0 Å². The lowest BCUT2D eigenvalue weighted by Crippen LogP contribution is -2.35. The number of halogens is 1. The van der Waals surface area contributed by atoms with Crippen LogP contribution in [0.1, 0.15) is 12.1 Å². The Morgan fingerprint density at radius 3 is 2.63 bits per heavy atom. The van der Waals surface area contributed by atoms with Crippen LogP contribution in [0.5, 0.6) is 0 Å². The van der Waals surface area contributed by atoms with Crippen LogP contribution >= 0.6 is 0 Å². The lowest BCUT2D eigenvalue weighted by atomic mass is 9.96. The summed E-state index contributed by atoms with van der Waals surface area (Å²) in [4.78, 5) is 21.6. The van der Waals surface area contributed by atoms with Gasteiger partial charge >= 0.3 is 11.9 Å². The molecule has 1 rings (SSSR count). The van der Waals surface area contributed by atoms with E-state index in [0.29, 0.717) is 5.69 Å². The summed E-state index contributed by atoms with van der Waals surface area (Å²) in [5, 5.41) is 25.0. The van der Waals surface area contributed by atoms with Gasteiger partial charge in [-0.25, -0.2) is 9.07 Å². The maximum absolute atomic E-state index is 12.1. The maximum Gasteiger partial charge on any atom is 0.320 e. The summed E-state index contributed by atoms with van der Waals surface area (Å²) in [6, 6.07) is -1.25. The first-order valence-corrected chi connectivity index (χ1v) is 5.60. The molecule has 1 heterocycles. The average Bonchev–Trinajstić information content (AvgIpc) is 2.76. The number of aliphatic carboxylic acids is 2. The van der Waals surface area contributed by atoms with Gasteiger partial charge in [-0.1, -0.05) is 5.21 Å². The molecule has 0 saturated carbocycles. The first kappa shape index (κ1) is 15.0. The Bertz CT molecular complexity index is 450. The van der Waals surface area contributed by atoms with Crippen LogP contribution in [0.25, 0.3) is 0 Å². The van der Waals surface area contributed by atoms with Gasteiger partial charge in [-0.3, -0.25) is 9.59 Å². The van der Waals surface area contributed by atoms with Gasteiger partial charge in [0.1, 0.15) is 12.7 Å². The Labute approximate surface area is 108 Å². The SMILES string of the molecule is N[C@@H](CC(Cc1cn(CC[18F])nn1)C(=O)O)C(=O)O. The molecule has 8 nitrogen and oxygen atoms in total. The smallest absolute Gasteiger partial charge is 0.320 e. The number of aromatic nitrogens is 3. The largest absolute Gasteiger partial charge is 0.481 e. The summed E-state index contributed by atoms with van der Waals surface area (Å²) < 4.78 is 13.3. The molecule has 19 heavy (non-hydrogen) atoms. The van der Waals surface area contributed by atoms with Crippen LogP contribution in [0.15, 0.2) is 6.20 Å². The molecule has 1 aromatic rings. The minimum Gasteiger partial charge on any atom is -0.481 e. The van der Waals surface area contributed by atoms with E-state index in [-0.39, 0.29) is 19.4 Å². The molecule has 106 valence electrons. The monoisotopic (exact) mass is 273 g/mol. The van der Waals surface area contributed by atoms with E-state index in [2.05, 4.69) is 10.3 Å². The van der Waals surface area contributed by atoms with Crippen LogP contribution in [0.2, 0.25) is 0 Å². The van der Waals surface area contributed by atoms with E-state index in [1.165, 1.54) is 10.9 Å². The first-order valence-electron chi connectivity index (χ1n) is 5.60. The third-order valence-corrected chi connectivity index (χ3v) is 2.56. The molecule has 0 radical (unpaired) electrons. The highest BCUT2D eigenvalue weighted by molar-refractivity contribution is 5.75. The normalized spacial score (nSPS) is 14.0. The number of aryl methyl sites for hydroxylation is 1. The summed E-state index contributed by atoms with van der Waals surface area (Å²) in [7, 11) is 0. The minimum absolute atomic E-state index is 0.00258. The lowest BCUT2D eigenvalue weighted by Gasteiger charge is -2.13. The van der Waals surface area contributed by atoms with Gasteiger partial charge in [-0.05, 0) is 6.42 Å². The van der Waals surface area contributed by atoms with Crippen molar-refractivity contribution < 1.29 is 24.2 Å². The van der Waals surface area contributed by atoms with E-state index >= 15 is 0 Å². The summed E-state index contributed by atoms with van der Waals surface area (Å²) >= 11 is 0. The molecular weight excluding hydrogens is 258 g/mol. The third kappa shape index (κ3) is 4.62. The van der Waals surface area contributed by atoms with Crippen molar-refractivity contribution in [2.24, 2.45) is 11.7 Å². The number of carbonyl (C=O) groups is 2. The maximum atomic E-state index is 12.1. The summed E-state index contributed by atoms with van der Waals surface area (Å²) in [5.74, 6) is -3.38. The molecular formula is C10H15FN4O4. The van der Waals surface area contributed by atoms with Crippen molar-refractivity contribution in [3.63, 3.8) is 0 Å². The van der Waals surface area contributed by atoms with E-state index in [1.807, 2.05) is 0 Å². The molecule has 0 spiro atoms. The van der Waals surface area contributed by atoms with Crippen molar-refractivity contribution >= 4 is 11.9 Å². The molecule has 1 unspecified atom stereocenters. The molecule has 0 aliphatic rings. The predicted molar refractivity (Wildman–Crippen MR) is 61.1 cm³/mol. The summed E-state index contributed by atoms with van der Waals surface area (Å²) in [5.41, 5.74) is 5.67.